The van der Waals surface area contributed by atoms with Crippen LogP contribution in [0.3, 0.4) is 0 Å². The van der Waals surface area contributed by atoms with Crippen LogP contribution in [0.4, 0.5) is 4.79 Å². The summed E-state index contributed by atoms with van der Waals surface area (Å²) >= 11 is 3.48. The van der Waals surface area contributed by atoms with E-state index in [9.17, 15) is 4.79 Å². The molecule has 0 unspecified atom stereocenters. The molecule has 0 N–H and O–H groups in total. The highest BCUT2D eigenvalue weighted by Gasteiger charge is 2.25. The average Bonchev–Trinajstić information content (AvgIpc) is 2.60. The third-order valence-electron chi connectivity index (χ3n) is 3.64. The Bertz CT molecular complexity index is 718. The van der Waals surface area contributed by atoms with Gasteiger partial charge in [0.25, 0.3) is 0 Å². The highest BCUT2D eigenvalue weighted by molar-refractivity contribution is 9.10. The van der Waals surface area contributed by atoms with E-state index >= 15 is 0 Å². The van der Waals surface area contributed by atoms with Crippen LogP contribution >= 0.6 is 15.9 Å². The third kappa shape index (κ3) is 3.11. The number of aromatic nitrogens is 2. The van der Waals surface area contributed by atoms with Crippen molar-refractivity contribution in [2.75, 3.05) is 13.1 Å². The molecule has 0 bridgehead atoms. The molecule has 0 fully saturated rings. The van der Waals surface area contributed by atoms with E-state index in [1.165, 1.54) is 0 Å². The molecular weight excluding hydrogens is 346 g/mol. The second-order valence-corrected chi connectivity index (χ2v) is 7.45. The molecule has 5 nitrogen and oxygen atoms in total. The summed E-state index contributed by atoms with van der Waals surface area (Å²) in [5.74, 6) is 1.03. The highest BCUT2D eigenvalue weighted by Crippen LogP contribution is 2.23. The van der Waals surface area contributed by atoms with Gasteiger partial charge in [-0.2, -0.15) is 0 Å². The van der Waals surface area contributed by atoms with Crippen LogP contribution < -0.4 is 0 Å². The summed E-state index contributed by atoms with van der Waals surface area (Å²) in [7, 11) is 0. The van der Waals surface area contributed by atoms with Crippen LogP contribution in [0.1, 0.15) is 26.6 Å². The van der Waals surface area contributed by atoms with Gasteiger partial charge in [-0.3, -0.25) is 0 Å². The average molecular weight is 366 g/mol. The van der Waals surface area contributed by atoms with Gasteiger partial charge in [0.05, 0.1) is 11.0 Å². The zero-order valence-corrected chi connectivity index (χ0v) is 14.7. The summed E-state index contributed by atoms with van der Waals surface area (Å²) in [5.41, 5.74) is 1.65. The number of amides is 1. The molecule has 1 amide bonds. The number of carbonyl (C=O) groups excluding carboxylic acids is 1. The summed E-state index contributed by atoms with van der Waals surface area (Å²) in [6.45, 7) is 7.69. The van der Waals surface area contributed by atoms with Crippen LogP contribution in [0.15, 0.2) is 22.7 Å². The first-order valence-corrected chi connectivity index (χ1v) is 8.25. The Kier molecular flexibility index (Phi) is 3.89. The number of benzene rings is 1. The molecule has 0 atom stereocenters. The summed E-state index contributed by atoms with van der Waals surface area (Å²) in [5, 5.41) is 0. The second-order valence-electron chi connectivity index (χ2n) is 6.53. The first kappa shape index (κ1) is 15.3. The van der Waals surface area contributed by atoms with Crippen molar-refractivity contribution in [3.63, 3.8) is 0 Å². The number of hydrogen-bond acceptors (Lipinski definition) is 3. The SMILES string of the molecule is CC(C)(C)OC(=O)N1CCc2nc3cc(Br)ccc3n2CC1. The van der Waals surface area contributed by atoms with E-state index < -0.39 is 5.60 Å². The standard InChI is InChI=1S/C16H20BrN3O2/c1-16(2,3)22-15(21)19-7-6-14-18-12-10-11(17)4-5-13(12)20(14)9-8-19/h4-5,10H,6-9H2,1-3H3. The largest absolute Gasteiger partial charge is 0.444 e. The van der Waals surface area contributed by atoms with Gasteiger partial charge in [0, 0.05) is 30.5 Å². The number of imidazole rings is 1. The zero-order chi connectivity index (χ0) is 15.9. The molecule has 3 rings (SSSR count). The fourth-order valence-electron chi connectivity index (χ4n) is 2.67. The molecule has 1 aliphatic rings. The Labute approximate surface area is 138 Å². The van der Waals surface area contributed by atoms with E-state index in [0.29, 0.717) is 13.1 Å². The second kappa shape index (κ2) is 5.57. The summed E-state index contributed by atoms with van der Waals surface area (Å²) in [6, 6.07) is 6.12. The fourth-order valence-corrected chi connectivity index (χ4v) is 3.02. The van der Waals surface area contributed by atoms with Crippen LogP contribution in [-0.4, -0.2) is 39.2 Å². The molecular formula is C16H20BrN3O2. The van der Waals surface area contributed by atoms with Gasteiger partial charge >= 0.3 is 6.09 Å². The van der Waals surface area contributed by atoms with Crippen LogP contribution in [0.25, 0.3) is 11.0 Å². The van der Waals surface area contributed by atoms with Gasteiger partial charge in [-0.05, 0) is 39.0 Å². The number of fused-ring (bicyclic) bond motifs is 3. The maximum atomic E-state index is 12.2. The van der Waals surface area contributed by atoms with E-state index in [1.54, 1.807) is 4.90 Å². The molecule has 6 heteroatoms. The Morgan fingerprint density at radius 3 is 2.77 bits per heavy atom. The number of carbonyl (C=O) groups is 1. The number of rotatable bonds is 0. The minimum absolute atomic E-state index is 0.245. The molecule has 1 aliphatic heterocycles. The van der Waals surface area contributed by atoms with E-state index in [1.807, 2.05) is 32.9 Å². The van der Waals surface area contributed by atoms with Crippen molar-refractivity contribution in [2.45, 2.75) is 39.3 Å². The minimum atomic E-state index is -0.462. The summed E-state index contributed by atoms with van der Waals surface area (Å²) in [4.78, 5) is 18.7. The first-order valence-electron chi connectivity index (χ1n) is 7.46. The maximum absolute atomic E-state index is 12.2. The molecule has 0 saturated carbocycles. The Hall–Kier alpha value is -1.56. The lowest BCUT2D eigenvalue weighted by Crippen LogP contribution is -2.38. The van der Waals surface area contributed by atoms with E-state index in [-0.39, 0.29) is 6.09 Å². The lowest BCUT2D eigenvalue weighted by atomic mass is 10.2. The Morgan fingerprint density at radius 1 is 1.27 bits per heavy atom. The number of halogens is 1. The smallest absolute Gasteiger partial charge is 0.410 e. The normalized spacial score (nSPS) is 15.5. The molecule has 0 radical (unpaired) electrons. The zero-order valence-electron chi connectivity index (χ0n) is 13.1. The summed E-state index contributed by atoms with van der Waals surface area (Å²) < 4.78 is 8.69. The fraction of sp³-hybridized carbons (Fsp3) is 0.500. The van der Waals surface area contributed by atoms with Crippen LogP contribution in [0, 0.1) is 0 Å². The van der Waals surface area contributed by atoms with Crippen molar-refractivity contribution < 1.29 is 9.53 Å². The van der Waals surface area contributed by atoms with Gasteiger partial charge in [0.1, 0.15) is 11.4 Å². The molecule has 0 saturated heterocycles. The van der Waals surface area contributed by atoms with Gasteiger partial charge in [-0.25, -0.2) is 9.78 Å². The van der Waals surface area contributed by atoms with E-state index in [4.69, 9.17) is 9.72 Å². The maximum Gasteiger partial charge on any atom is 0.410 e. The van der Waals surface area contributed by atoms with Crippen molar-refractivity contribution in [2.24, 2.45) is 0 Å². The first-order chi connectivity index (χ1) is 10.3. The van der Waals surface area contributed by atoms with Crippen molar-refractivity contribution in [1.29, 1.82) is 0 Å². The quantitative estimate of drug-likeness (QED) is 0.716. The van der Waals surface area contributed by atoms with Crippen molar-refractivity contribution in [3.05, 3.63) is 28.5 Å². The predicted octanol–water partition coefficient (Wildman–Crippen LogP) is 3.59. The van der Waals surface area contributed by atoms with Crippen LogP contribution in [-0.2, 0) is 17.7 Å². The predicted molar refractivity (Wildman–Crippen MR) is 88.9 cm³/mol. The van der Waals surface area contributed by atoms with Gasteiger partial charge in [0.15, 0.2) is 0 Å². The monoisotopic (exact) mass is 365 g/mol. The molecule has 0 spiro atoms. The van der Waals surface area contributed by atoms with E-state index in [0.717, 1.165) is 34.3 Å². The third-order valence-corrected chi connectivity index (χ3v) is 4.13. The Morgan fingerprint density at radius 2 is 2.05 bits per heavy atom. The van der Waals surface area contributed by atoms with Gasteiger partial charge < -0.3 is 14.2 Å². The topological polar surface area (TPSA) is 47.4 Å². The van der Waals surface area contributed by atoms with Crippen molar-refractivity contribution >= 4 is 33.1 Å². The summed E-state index contributed by atoms with van der Waals surface area (Å²) in [6.07, 6.45) is 0.497. The number of ether oxygens (including phenoxy) is 1. The molecule has 2 heterocycles. The van der Waals surface area contributed by atoms with Gasteiger partial charge in [0.2, 0.25) is 0 Å². The number of nitrogens with zero attached hydrogens (tertiary/aromatic N) is 3. The number of hydrogen-bond donors (Lipinski definition) is 0. The van der Waals surface area contributed by atoms with Gasteiger partial charge in [-0.1, -0.05) is 15.9 Å². The highest BCUT2D eigenvalue weighted by atomic mass is 79.9. The molecule has 1 aromatic heterocycles. The van der Waals surface area contributed by atoms with Gasteiger partial charge in [-0.15, -0.1) is 0 Å². The molecule has 22 heavy (non-hydrogen) atoms. The lowest BCUT2D eigenvalue weighted by molar-refractivity contribution is 0.0254. The van der Waals surface area contributed by atoms with Crippen LogP contribution in [0.5, 0.6) is 0 Å². The Balaban J connectivity index is 1.80. The van der Waals surface area contributed by atoms with Crippen LogP contribution in [0.2, 0.25) is 0 Å². The molecule has 2 aromatic rings. The van der Waals surface area contributed by atoms with Crippen molar-refractivity contribution in [1.82, 2.24) is 14.5 Å². The van der Waals surface area contributed by atoms with E-state index in [2.05, 4.69) is 26.6 Å². The molecule has 1 aromatic carbocycles. The lowest BCUT2D eigenvalue weighted by Gasteiger charge is -2.26. The molecule has 0 aliphatic carbocycles. The van der Waals surface area contributed by atoms with Crippen molar-refractivity contribution in [3.8, 4) is 0 Å². The molecule has 118 valence electrons. The minimum Gasteiger partial charge on any atom is -0.444 e.